The Morgan fingerprint density at radius 2 is 1.88 bits per heavy atom. The van der Waals surface area contributed by atoms with Crippen LogP contribution in [0.5, 0.6) is 0 Å². The van der Waals surface area contributed by atoms with Crippen molar-refractivity contribution in [3.05, 3.63) is 0 Å². The molecule has 1 unspecified atom stereocenters. The minimum absolute atomic E-state index is 0.148. The highest BCUT2D eigenvalue weighted by Gasteiger charge is 2.22. The molecule has 0 rings (SSSR count). The van der Waals surface area contributed by atoms with Crippen molar-refractivity contribution >= 4 is 5.91 Å². The molecule has 0 spiro atoms. The lowest BCUT2D eigenvalue weighted by molar-refractivity contribution is -0.121. The highest BCUT2D eigenvalue weighted by molar-refractivity contribution is 5.75. The van der Waals surface area contributed by atoms with Gasteiger partial charge in [0.2, 0.25) is 5.91 Å². The average Bonchev–Trinajstić information content (AvgIpc) is 2.14. The Hall–Kier alpha value is -0.570. The highest BCUT2D eigenvalue weighted by atomic mass is 16.1. The smallest absolute Gasteiger partial charge is 0.220 e. The van der Waals surface area contributed by atoms with E-state index in [1.54, 1.807) is 0 Å². The highest BCUT2D eigenvalue weighted by Crippen LogP contribution is 2.24. The molecular weight excluding hydrogens is 200 g/mol. The van der Waals surface area contributed by atoms with Gasteiger partial charge in [-0.3, -0.25) is 4.79 Å². The Bertz CT molecular complexity index is 210. The van der Waals surface area contributed by atoms with E-state index in [2.05, 4.69) is 33.0 Å². The number of carbonyl (C=O) groups excluding carboxylic acids is 1. The minimum atomic E-state index is 0.148. The van der Waals surface area contributed by atoms with E-state index in [1.807, 2.05) is 6.92 Å². The Kier molecular flexibility index (Phi) is 6.65. The summed E-state index contributed by atoms with van der Waals surface area (Å²) in [6.07, 6.45) is 2.39. The molecular formula is C13H28N2O. The predicted molar refractivity (Wildman–Crippen MR) is 69.1 cm³/mol. The molecule has 0 aliphatic rings. The molecule has 3 nitrogen and oxygen atoms in total. The van der Waals surface area contributed by atoms with E-state index >= 15 is 0 Å². The Balaban J connectivity index is 3.73. The Morgan fingerprint density at radius 3 is 2.31 bits per heavy atom. The predicted octanol–water partition coefficient (Wildman–Crippen LogP) is 2.30. The van der Waals surface area contributed by atoms with E-state index < -0.39 is 0 Å². The first-order chi connectivity index (χ1) is 7.25. The fourth-order valence-corrected chi connectivity index (χ4v) is 1.20. The number of hydrogen-bond donors (Lipinski definition) is 2. The van der Waals surface area contributed by atoms with E-state index in [1.165, 1.54) is 0 Å². The van der Waals surface area contributed by atoms with Gasteiger partial charge in [0.25, 0.3) is 0 Å². The fraction of sp³-hybridized carbons (Fsp3) is 0.923. The summed E-state index contributed by atoms with van der Waals surface area (Å²) in [4.78, 5) is 11.5. The summed E-state index contributed by atoms with van der Waals surface area (Å²) in [5.41, 5.74) is 5.79. The van der Waals surface area contributed by atoms with Gasteiger partial charge in [0.1, 0.15) is 0 Å². The molecule has 0 radical (unpaired) electrons. The SMILES string of the molecule is CC(N)CCCC(=O)NCC(C)(C)C(C)C. The number of hydrogen-bond acceptors (Lipinski definition) is 2. The molecule has 1 atom stereocenters. The van der Waals surface area contributed by atoms with E-state index in [-0.39, 0.29) is 17.4 Å². The van der Waals surface area contributed by atoms with Crippen molar-refractivity contribution in [1.29, 1.82) is 0 Å². The van der Waals surface area contributed by atoms with Crippen LogP contribution in [-0.2, 0) is 4.79 Å². The van der Waals surface area contributed by atoms with E-state index in [0.717, 1.165) is 19.4 Å². The van der Waals surface area contributed by atoms with Crippen LogP contribution in [0.4, 0.5) is 0 Å². The van der Waals surface area contributed by atoms with Crippen LogP contribution >= 0.6 is 0 Å². The van der Waals surface area contributed by atoms with Crippen LogP contribution in [0, 0.1) is 11.3 Å². The second kappa shape index (κ2) is 6.89. The van der Waals surface area contributed by atoms with Crippen LogP contribution < -0.4 is 11.1 Å². The molecule has 3 N–H and O–H groups in total. The second-order valence-electron chi connectivity index (χ2n) is 5.79. The first-order valence-corrected chi connectivity index (χ1v) is 6.28. The van der Waals surface area contributed by atoms with Crippen LogP contribution in [0.25, 0.3) is 0 Å². The fourth-order valence-electron chi connectivity index (χ4n) is 1.20. The van der Waals surface area contributed by atoms with Gasteiger partial charge in [-0.05, 0) is 31.1 Å². The van der Waals surface area contributed by atoms with Gasteiger partial charge in [-0.2, -0.15) is 0 Å². The molecule has 1 amide bonds. The van der Waals surface area contributed by atoms with Crippen molar-refractivity contribution in [2.75, 3.05) is 6.54 Å². The minimum Gasteiger partial charge on any atom is -0.356 e. The van der Waals surface area contributed by atoms with E-state index in [0.29, 0.717) is 12.3 Å². The monoisotopic (exact) mass is 228 g/mol. The molecule has 0 fully saturated rings. The maximum absolute atomic E-state index is 11.5. The largest absolute Gasteiger partial charge is 0.356 e. The third-order valence-electron chi connectivity index (χ3n) is 3.37. The Labute approximate surface area is 100 Å². The van der Waals surface area contributed by atoms with Crippen LogP contribution in [0.2, 0.25) is 0 Å². The summed E-state index contributed by atoms with van der Waals surface area (Å²) in [5, 5.41) is 3.00. The number of nitrogens with one attached hydrogen (secondary N) is 1. The summed E-state index contributed by atoms with van der Waals surface area (Å²) in [5.74, 6) is 0.714. The lowest BCUT2D eigenvalue weighted by atomic mass is 9.81. The van der Waals surface area contributed by atoms with Gasteiger partial charge >= 0.3 is 0 Å². The van der Waals surface area contributed by atoms with Gasteiger partial charge in [-0.25, -0.2) is 0 Å². The molecule has 0 saturated carbocycles. The third-order valence-corrected chi connectivity index (χ3v) is 3.37. The molecule has 3 heteroatoms. The average molecular weight is 228 g/mol. The third kappa shape index (κ3) is 6.83. The lowest BCUT2D eigenvalue weighted by Gasteiger charge is -2.29. The zero-order valence-corrected chi connectivity index (χ0v) is 11.5. The van der Waals surface area contributed by atoms with Gasteiger partial charge in [0.15, 0.2) is 0 Å². The van der Waals surface area contributed by atoms with Crippen molar-refractivity contribution in [3.63, 3.8) is 0 Å². The van der Waals surface area contributed by atoms with Crippen molar-refractivity contribution in [2.24, 2.45) is 17.1 Å². The summed E-state index contributed by atoms with van der Waals surface area (Å²) in [6, 6.07) is 0.194. The molecule has 0 aromatic rings. The van der Waals surface area contributed by atoms with Crippen LogP contribution in [0.1, 0.15) is 53.9 Å². The van der Waals surface area contributed by atoms with Crippen molar-refractivity contribution in [2.45, 2.75) is 59.9 Å². The summed E-state index contributed by atoms with van der Waals surface area (Å²) in [7, 11) is 0. The number of rotatable bonds is 7. The maximum Gasteiger partial charge on any atom is 0.220 e. The quantitative estimate of drug-likeness (QED) is 0.702. The number of nitrogens with two attached hydrogens (primary N) is 1. The zero-order chi connectivity index (χ0) is 12.8. The normalized spacial score (nSPS) is 13.9. The zero-order valence-electron chi connectivity index (χ0n) is 11.5. The summed E-state index contributed by atoms with van der Waals surface area (Å²) >= 11 is 0. The first-order valence-electron chi connectivity index (χ1n) is 6.28. The molecule has 0 aromatic carbocycles. The molecule has 16 heavy (non-hydrogen) atoms. The molecule has 96 valence electrons. The van der Waals surface area contributed by atoms with E-state index in [9.17, 15) is 4.79 Å². The number of carbonyl (C=O) groups is 1. The van der Waals surface area contributed by atoms with Crippen LogP contribution in [0.15, 0.2) is 0 Å². The maximum atomic E-state index is 11.5. The van der Waals surface area contributed by atoms with Crippen molar-refractivity contribution in [3.8, 4) is 0 Å². The van der Waals surface area contributed by atoms with E-state index in [4.69, 9.17) is 5.73 Å². The topological polar surface area (TPSA) is 55.1 Å². The van der Waals surface area contributed by atoms with Gasteiger partial charge in [0.05, 0.1) is 0 Å². The summed E-state index contributed by atoms with van der Waals surface area (Å²) in [6.45, 7) is 11.5. The number of amides is 1. The molecule has 0 aromatic heterocycles. The lowest BCUT2D eigenvalue weighted by Crippen LogP contribution is -2.36. The van der Waals surface area contributed by atoms with Gasteiger partial charge in [-0.15, -0.1) is 0 Å². The first kappa shape index (κ1) is 15.4. The molecule has 0 bridgehead atoms. The molecule has 0 aliphatic heterocycles. The Morgan fingerprint density at radius 1 is 1.31 bits per heavy atom. The second-order valence-corrected chi connectivity index (χ2v) is 5.79. The van der Waals surface area contributed by atoms with Crippen molar-refractivity contribution < 1.29 is 4.79 Å². The van der Waals surface area contributed by atoms with Crippen LogP contribution in [-0.4, -0.2) is 18.5 Å². The van der Waals surface area contributed by atoms with Gasteiger partial charge in [-0.1, -0.05) is 27.7 Å². The summed E-state index contributed by atoms with van der Waals surface area (Å²) < 4.78 is 0. The molecule has 0 aliphatic carbocycles. The van der Waals surface area contributed by atoms with Crippen molar-refractivity contribution in [1.82, 2.24) is 5.32 Å². The molecule has 0 heterocycles. The standard InChI is InChI=1S/C13H28N2O/c1-10(2)13(4,5)9-15-12(16)8-6-7-11(3)14/h10-11H,6-9,14H2,1-5H3,(H,15,16). The van der Waals surface area contributed by atoms with Gasteiger partial charge < -0.3 is 11.1 Å². The van der Waals surface area contributed by atoms with Crippen LogP contribution in [0.3, 0.4) is 0 Å². The molecule has 0 saturated heterocycles. The van der Waals surface area contributed by atoms with Gasteiger partial charge in [0, 0.05) is 19.0 Å².